The Balaban J connectivity index is 1.32. The molecule has 0 unspecified atom stereocenters. The number of esters is 1. The second-order valence-electron chi connectivity index (χ2n) is 13.1. The van der Waals surface area contributed by atoms with Crippen LogP contribution in [0.25, 0.3) is 28.4 Å². The fraction of sp³-hybridized carbons (Fsp3) is 0.316. The average Bonchev–Trinajstić information content (AvgIpc) is 3.19. The minimum absolute atomic E-state index is 0.000193. The van der Waals surface area contributed by atoms with Crippen molar-refractivity contribution < 1.29 is 97.9 Å². The number of aliphatic hydroxyl groups is 4. The Hall–Kier alpha value is -6.46. The van der Waals surface area contributed by atoms with E-state index in [4.69, 9.17) is 37.6 Å². The molecule has 21 nitrogen and oxygen atoms in total. The maximum absolute atomic E-state index is 13.1. The van der Waals surface area contributed by atoms with Crippen LogP contribution in [0.3, 0.4) is 0 Å². The summed E-state index contributed by atoms with van der Waals surface area (Å²) in [5, 5.41) is 93.4. The van der Waals surface area contributed by atoms with E-state index in [2.05, 4.69) is 0 Å². The molecule has 2 fully saturated rings. The van der Waals surface area contributed by atoms with Crippen LogP contribution >= 0.6 is 0 Å². The van der Waals surface area contributed by atoms with E-state index >= 15 is 0 Å². The number of carboxylic acids is 2. The van der Waals surface area contributed by atoms with Crippen molar-refractivity contribution in [1.29, 1.82) is 0 Å². The highest BCUT2D eigenvalue weighted by Crippen LogP contribution is 2.38. The van der Waals surface area contributed by atoms with E-state index in [1.54, 1.807) is 0 Å². The van der Waals surface area contributed by atoms with Gasteiger partial charge in [-0.1, -0.05) is 0 Å². The SMILES string of the molecule is COc1cc(C=CC(=O)O[C@H]2[C@H](O[C@H]3[C@H](Oc4cc(O)c5c(=O)cc(-c6ccc(O)cc6)oc5c4)O[C@H](C(=O)O)[C@@H](O)[C@@H]3O)O[C@H](C(=O)O)[C@@H](O)[C@@H]2O)cc(OC)c1O. The van der Waals surface area contributed by atoms with Crippen molar-refractivity contribution in [2.45, 2.75) is 61.4 Å². The van der Waals surface area contributed by atoms with Gasteiger partial charge < -0.3 is 83.5 Å². The molecular formula is C38H36O21. The van der Waals surface area contributed by atoms with Gasteiger partial charge in [0.1, 0.15) is 58.4 Å². The Morgan fingerprint density at radius 2 is 1.31 bits per heavy atom. The summed E-state index contributed by atoms with van der Waals surface area (Å²) >= 11 is 0. The van der Waals surface area contributed by atoms with Gasteiger partial charge in [0, 0.05) is 29.8 Å². The molecule has 10 atom stereocenters. The standard InChI is InChI=1S/C38H36O21/c1-52-22-9-14(10-23(53-2)26(22)43)3-8-24(42)56-33-29(46)27(44)32(36(50)51)58-38(33)59-34-30(47)28(45)31(35(48)49)57-37(34)54-17-11-18(40)25-19(41)13-20(55-21(25)12-17)15-4-6-16(39)7-5-15/h3-13,27-34,37-40,43-47H,1-2H3,(H,48,49)(H,50,51)/t27-,28-,29-,30-,31-,32-,33+,34+,37+,38-/m0/s1. The molecule has 2 aliphatic rings. The zero-order valence-corrected chi connectivity index (χ0v) is 30.5. The minimum Gasteiger partial charge on any atom is -0.508 e. The van der Waals surface area contributed by atoms with Crippen molar-refractivity contribution in [3.8, 4) is 45.8 Å². The molecule has 2 aliphatic heterocycles. The molecule has 1 aromatic heterocycles. The van der Waals surface area contributed by atoms with Crippen LogP contribution in [0.1, 0.15) is 5.56 Å². The van der Waals surface area contributed by atoms with Crippen molar-refractivity contribution in [3.63, 3.8) is 0 Å². The number of aromatic hydroxyl groups is 3. The summed E-state index contributed by atoms with van der Waals surface area (Å²) < 4.78 is 43.7. The fourth-order valence-corrected chi connectivity index (χ4v) is 6.27. The highest BCUT2D eigenvalue weighted by atomic mass is 16.8. The summed E-state index contributed by atoms with van der Waals surface area (Å²) in [6.07, 6.45) is -20.0. The van der Waals surface area contributed by atoms with Gasteiger partial charge in [-0.25, -0.2) is 14.4 Å². The molecule has 9 N–H and O–H groups in total. The maximum Gasteiger partial charge on any atom is 0.335 e. The van der Waals surface area contributed by atoms with E-state index in [0.29, 0.717) is 5.56 Å². The van der Waals surface area contributed by atoms with Crippen LogP contribution in [0.5, 0.6) is 34.5 Å². The van der Waals surface area contributed by atoms with Gasteiger partial charge in [-0.05, 0) is 48.0 Å². The zero-order valence-electron chi connectivity index (χ0n) is 30.5. The molecule has 3 aromatic carbocycles. The quantitative estimate of drug-likeness (QED) is 0.0672. The predicted molar refractivity (Wildman–Crippen MR) is 193 cm³/mol. The van der Waals surface area contributed by atoms with Crippen LogP contribution in [0.15, 0.2) is 69.9 Å². The second kappa shape index (κ2) is 17.2. The number of hydrogen-bond acceptors (Lipinski definition) is 19. The third kappa shape index (κ3) is 8.71. The van der Waals surface area contributed by atoms with Crippen molar-refractivity contribution in [3.05, 3.63) is 76.5 Å². The molecule has 3 heterocycles. The number of carbonyl (C=O) groups is 3. The molecule has 0 amide bonds. The van der Waals surface area contributed by atoms with E-state index in [9.17, 15) is 65.1 Å². The molecule has 59 heavy (non-hydrogen) atoms. The lowest BCUT2D eigenvalue weighted by atomic mass is 9.96. The zero-order chi connectivity index (χ0) is 42.9. The van der Waals surface area contributed by atoms with Gasteiger partial charge in [-0.15, -0.1) is 0 Å². The Morgan fingerprint density at radius 3 is 1.88 bits per heavy atom. The van der Waals surface area contributed by atoms with Gasteiger partial charge >= 0.3 is 17.9 Å². The van der Waals surface area contributed by atoms with E-state index in [1.807, 2.05) is 0 Å². The molecule has 2 saturated heterocycles. The number of carboxylic acid groups (broad SMARTS) is 2. The number of methoxy groups -OCH3 is 2. The molecule has 0 radical (unpaired) electrons. The lowest BCUT2D eigenvalue weighted by Gasteiger charge is -2.45. The first-order valence-corrected chi connectivity index (χ1v) is 17.3. The maximum atomic E-state index is 13.1. The smallest absolute Gasteiger partial charge is 0.335 e. The molecule has 6 rings (SSSR count). The Kier molecular flexibility index (Phi) is 12.3. The molecular weight excluding hydrogens is 792 g/mol. The molecule has 314 valence electrons. The number of aliphatic carboxylic acids is 2. The Labute approximate surface area is 330 Å². The lowest BCUT2D eigenvalue weighted by Crippen LogP contribution is -2.66. The summed E-state index contributed by atoms with van der Waals surface area (Å²) in [5.74, 6) is -6.37. The number of fused-ring (bicyclic) bond motifs is 1. The third-order valence-electron chi connectivity index (χ3n) is 9.22. The molecule has 0 aliphatic carbocycles. The number of phenols is 3. The van der Waals surface area contributed by atoms with Gasteiger partial charge in [-0.2, -0.15) is 0 Å². The fourth-order valence-electron chi connectivity index (χ4n) is 6.27. The van der Waals surface area contributed by atoms with E-state index in [0.717, 1.165) is 24.3 Å². The predicted octanol–water partition coefficient (Wildman–Crippen LogP) is 0.0458. The van der Waals surface area contributed by atoms with Crippen molar-refractivity contribution in [2.75, 3.05) is 14.2 Å². The van der Waals surface area contributed by atoms with Crippen LogP contribution in [0, 0.1) is 0 Å². The number of hydrogen-bond donors (Lipinski definition) is 9. The van der Waals surface area contributed by atoms with Crippen LogP contribution < -0.4 is 19.6 Å². The molecule has 21 heteroatoms. The normalized spacial score (nSPS) is 26.9. The first-order valence-electron chi connectivity index (χ1n) is 17.3. The van der Waals surface area contributed by atoms with Crippen LogP contribution in [0.4, 0.5) is 0 Å². The molecule has 0 saturated carbocycles. The lowest BCUT2D eigenvalue weighted by molar-refractivity contribution is -0.350. The minimum atomic E-state index is -2.27. The Bertz CT molecular complexity index is 2280. The number of rotatable bonds is 12. The van der Waals surface area contributed by atoms with Crippen LogP contribution in [-0.2, 0) is 33.3 Å². The highest BCUT2D eigenvalue weighted by Gasteiger charge is 2.55. The van der Waals surface area contributed by atoms with E-state index in [-0.39, 0.29) is 45.3 Å². The first-order chi connectivity index (χ1) is 28.0. The summed E-state index contributed by atoms with van der Waals surface area (Å²) in [5.41, 5.74) is -0.364. The summed E-state index contributed by atoms with van der Waals surface area (Å²) in [6, 6.07) is 11.3. The van der Waals surface area contributed by atoms with Gasteiger partial charge in [0.25, 0.3) is 0 Å². The molecule has 0 spiro atoms. The van der Waals surface area contributed by atoms with Crippen LogP contribution in [0.2, 0.25) is 0 Å². The number of aliphatic hydroxyl groups excluding tert-OH is 4. The summed E-state index contributed by atoms with van der Waals surface area (Å²) in [4.78, 5) is 50.2. The number of ether oxygens (including phenoxy) is 7. The van der Waals surface area contributed by atoms with Crippen molar-refractivity contribution >= 4 is 35.0 Å². The summed E-state index contributed by atoms with van der Waals surface area (Å²) in [6.45, 7) is 0. The average molecular weight is 829 g/mol. The van der Waals surface area contributed by atoms with Gasteiger partial charge in [-0.3, -0.25) is 4.79 Å². The number of benzene rings is 3. The van der Waals surface area contributed by atoms with E-state index < -0.39 is 96.2 Å². The first kappa shape index (κ1) is 42.2. The second-order valence-corrected chi connectivity index (χ2v) is 13.1. The molecule has 4 aromatic rings. The van der Waals surface area contributed by atoms with Crippen molar-refractivity contribution in [1.82, 2.24) is 0 Å². The highest BCUT2D eigenvalue weighted by molar-refractivity contribution is 5.88. The largest absolute Gasteiger partial charge is 0.508 e. The number of carbonyl (C=O) groups excluding carboxylic acids is 1. The third-order valence-corrected chi connectivity index (χ3v) is 9.22. The topological polar surface area (TPSA) is 328 Å². The Morgan fingerprint density at radius 1 is 0.729 bits per heavy atom. The van der Waals surface area contributed by atoms with Crippen LogP contribution in [-0.4, -0.2) is 139 Å². The monoisotopic (exact) mass is 828 g/mol. The van der Waals surface area contributed by atoms with E-state index in [1.165, 1.54) is 56.7 Å². The summed E-state index contributed by atoms with van der Waals surface area (Å²) in [7, 11) is 2.53. The number of phenolic OH excluding ortho intramolecular Hbond substituents is 3. The van der Waals surface area contributed by atoms with Gasteiger partial charge in [0.15, 0.2) is 47.6 Å². The van der Waals surface area contributed by atoms with Gasteiger partial charge in [0.05, 0.1) is 14.2 Å². The molecule has 0 bridgehead atoms. The van der Waals surface area contributed by atoms with Crippen molar-refractivity contribution in [2.24, 2.45) is 0 Å². The van der Waals surface area contributed by atoms with Gasteiger partial charge in [0.2, 0.25) is 12.0 Å².